The molecule has 2 aromatic rings. The molecule has 0 atom stereocenters. The Balaban J connectivity index is 2.56. The average molecular weight is 280 g/mol. The van der Waals surface area contributed by atoms with Gasteiger partial charge in [0.15, 0.2) is 0 Å². The van der Waals surface area contributed by atoms with Crippen molar-refractivity contribution in [3.05, 3.63) is 58.9 Å². The van der Waals surface area contributed by atoms with Crippen molar-refractivity contribution in [2.75, 3.05) is 0 Å². The highest BCUT2D eigenvalue weighted by molar-refractivity contribution is 5.72. The second-order valence-corrected chi connectivity index (χ2v) is 4.48. The van der Waals surface area contributed by atoms with Crippen LogP contribution in [0.25, 0.3) is 11.1 Å². The number of halogens is 3. The van der Waals surface area contributed by atoms with Crippen molar-refractivity contribution in [3.8, 4) is 11.1 Å². The Morgan fingerprint density at radius 3 is 2.30 bits per heavy atom. The molecule has 20 heavy (non-hydrogen) atoms. The van der Waals surface area contributed by atoms with Gasteiger partial charge >= 0.3 is 5.97 Å². The third kappa shape index (κ3) is 2.82. The fraction of sp³-hybridized carbons (Fsp3) is 0.133. The fourth-order valence-electron chi connectivity index (χ4n) is 1.94. The SMILES string of the molecule is Cc1ccc(F)c(-c2cc(F)c(CC(=O)O)cc2F)c1. The van der Waals surface area contributed by atoms with Gasteiger partial charge < -0.3 is 5.11 Å². The smallest absolute Gasteiger partial charge is 0.307 e. The summed E-state index contributed by atoms with van der Waals surface area (Å²) >= 11 is 0. The van der Waals surface area contributed by atoms with Gasteiger partial charge in [0.25, 0.3) is 0 Å². The molecule has 0 fully saturated rings. The summed E-state index contributed by atoms with van der Waals surface area (Å²) in [7, 11) is 0. The van der Waals surface area contributed by atoms with E-state index in [0.29, 0.717) is 5.56 Å². The van der Waals surface area contributed by atoms with Crippen LogP contribution in [0.5, 0.6) is 0 Å². The Hall–Kier alpha value is -2.30. The van der Waals surface area contributed by atoms with Crippen LogP contribution < -0.4 is 0 Å². The van der Waals surface area contributed by atoms with E-state index in [0.717, 1.165) is 12.1 Å². The Morgan fingerprint density at radius 2 is 1.65 bits per heavy atom. The number of carboxylic acid groups (broad SMARTS) is 1. The zero-order valence-electron chi connectivity index (χ0n) is 10.6. The molecule has 0 aliphatic heterocycles. The van der Waals surface area contributed by atoms with Gasteiger partial charge in [-0.05, 0) is 31.2 Å². The quantitative estimate of drug-likeness (QED) is 0.930. The predicted octanol–water partition coefficient (Wildman–Crippen LogP) is 3.71. The van der Waals surface area contributed by atoms with Crippen LogP contribution in [-0.4, -0.2) is 11.1 Å². The fourth-order valence-corrected chi connectivity index (χ4v) is 1.94. The van der Waals surface area contributed by atoms with Gasteiger partial charge in [-0.15, -0.1) is 0 Å². The summed E-state index contributed by atoms with van der Waals surface area (Å²) in [5.41, 5.74) is 0.156. The molecule has 0 aliphatic carbocycles. The Bertz CT molecular complexity index is 681. The maximum Gasteiger partial charge on any atom is 0.307 e. The van der Waals surface area contributed by atoms with Gasteiger partial charge in [0.2, 0.25) is 0 Å². The van der Waals surface area contributed by atoms with Crippen LogP contribution in [0.1, 0.15) is 11.1 Å². The van der Waals surface area contributed by atoms with Crippen molar-refractivity contribution >= 4 is 5.97 Å². The van der Waals surface area contributed by atoms with Crippen LogP contribution in [0.15, 0.2) is 30.3 Å². The highest BCUT2D eigenvalue weighted by Gasteiger charge is 2.16. The molecule has 0 amide bonds. The Kier molecular flexibility index (Phi) is 3.79. The first-order valence-corrected chi connectivity index (χ1v) is 5.84. The van der Waals surface area contributed by atoms with Gasteiger partial charge in [-0.2, -0.15) is 0 Å². The van der Waals surface area contributed by atoms with Crippen molar-refractivity contribution in [1.29, 1.82) is 0 Å². The summed E-state index contributed by atoms with van der Waals surface area (Å²) in [6.45, 7) is 1.70. The van der Waals surface area contributed by atoms with Crippen molar-refractivity contribution in [3.63, 3.8) is 0 Å². The third-order valence-corrected chi connectivity index (χ3v) is 2.89. The van der Waals surface area contributed by atoms with Crippen LogP contribution in [0, 0.1) is 24.4 Å². The molecule has 2 nitrogen and oxygen atoms in total. The molecule has 0 aromatic heterocycles. The molecular weight excluding hydrogens is 269 g/mol. The van der Waals surface area contributed by atoms with Crippen molar-refractivity contribution < 1.29 is 23.1 Å². The van der Waals surface area contributed by atoms with E-state index < -0.39 is 29.8 Å². The summed E-state index contributed by atoms with van der Waals surface area (Å²) < 4.78 is 41.4. The molecule has 5 heteroatoms. The molecule has 2 aromatic carbocycles. The number of benzene rings is 2. The molecule has 0 radical (unpaired) electrons. The van der Waals surface area contributed by atoms with Gasteiger partial charge in [-0.3, -0.25) is 4.79 Å². The minimum Gasteiger partial charge on any atom is -0.481 e. The molecule has 0 spiro atoms. The molecule has 0 aliphatic rings. The molecule has 1 N–H and O–H groups in total. The number of hydrogen-bond donors (Lipinski definition) is 1. The third-order valence-electron chi connectivity index (χ3n) is 2.89. The molecule has 0 unspecified atom stereocenters. The first kappa shape index (κ1) is 14.1. The van der Waals surface area contributed by atoms with Crippen molar-refractivity contribution in [2.45, 2.75) is 13.3 Å². The summed E-state index contributed by atoms with van der Waals surface area (Å²) in [5, 5.41) is 8.60. The van der Waals surface area contributed by atoms with Crippen molar-refractivity contribution in [1.82, 2.24) is 0 Å². The molecular formula is C15H11F3O2. The van der Waals surface area contributed by atoms with E-state index in [1.807, 2.05) is 0 Å². The molecule has 0 saturated heterocycles. The number of aliphatic carboxylic acids is 1. The second-order valence-electron chi connectivity index (χ2n) is 4.48. The zero-order valence-corrected chi connectivity index (χ0v) is 10.6. The van der Waals surface area contributed by atoms with Gasteiger partial charge in [-0.25, -0.2) is 13.2 Å². The lowest BCUT2D eigenvalue weighted by atomic mass is 9.99. The number of hydrogen-bond acceptors (Lipinski definition) is 1. The lowest BCUT2D eigenvalue weighted by Gasteiger charge is -2.09. The number of aryl methyl sites for hydroxylation is 1. The lowest BCUT2D eigenvalue weighted by Crippen LogP contribution is -2.04. The van der Waals surface area contributed by atoms with E-state index in [4.69, 9.17) is 5.11 Å². The summed E-state index contributed by atoms with van der Waals surface area (Å²) in [5.74, 6) is -3.66. The van der Waals surface area contributed by atoms with E-state index in [9.17, 15) is 18.0 Å². The number of carbonyl (C=O) groups is 1. The van der Waals surface area contributed by atoms with Crippen LogP contribution >= 0.6 is 0 Å². The van der Waals surface area contributed by atoms with Crippen LogP contribution in [-0.2, 0) is 11.2 Å². The first-order valence-electron chi connectivity index (χ1n) is 5.84. The lowest BCUT2D eigenvalue weighted by molar-refractivity contribution is -0.136. The largest absolute Gasteiger partial charge is 0.481 e. The first-order chi connectivity index (χ1) is 9.38. The average Bonchev–Trinajstić information content (AvgIpc) is 2.36. The molecule has 0 heterocycles. The molecule has 2 rings (SSSR count). The standard InChI is InChI=1S/C15H11F3O2/c1-8-2-3-12(16)10(4-8)11-7-13(17)9(5-14(11)18)6-15(19)20/h2-5,7H,6H2,1H3,(H,19,20). The molecule has 0 saturated carbocycles. The predicted molar refractivity (Wildman–Crippen MR) is 67.8 cm³/mol. The van der Waals surface area contributed by atoms with Crippen LogP contribution in [0.2, 0.25) is 0 Å². The summed E-state index contributed by atoms with van der Waals surface area (Å²) in [6, 6.07) is 5.72. The molecule has 104 valence electrons. The number of rotatable bonds is 3. The maximum atomic E-state index is 14.0. The highest BCUT2D eigenvalue weighted by Crippen LogP contribution is 2.28. The van der Waals surface area contributed by atoms with E-state index in [-0.39, 0.29) is 16.7 Å². The van der Waals surface area contributed by atoms with Crippen LogP contribution in [0.3, 0.4) is 0 Å². The van der Waals surface area contributed by atoms with E-state index in [2.05, 4.69) is 0 Å². The maximum absolute atomic E-state index is 14.0. The summed E-state index contributed by atoms with van der Waals surface area (Å²) in [6.07, 6.45) is -0.626. The van der Waals surface area contributed by atoms with Gasteiger partial charge in [0.1, 0.15) is 17.5 Å². The zero-order chi connectivity index (χ0) is 14.9. The highest BCUT2D eigenvalue weighted by atomic mass is 19.1. The molecule has 0 bridgehead atoms. The van der Waals surface area contributed by atoms with E-state index in [1.54, 1.807) is 6.92 Å². The van der Waals surface area contributed by atoms with Crippen molar-refractivity contribution in [2.24, 2.45) is 0 Å². The van der Waals surface area contributed by atoms with Gasteiger partial charge in [0.05, 0.1) is 6.42 Å². The van der Waals surface area contributed by atoms with Gasteiger partial charge in [-0.1, -0.05) is 11.6 Å². The monoisotopic (exact) mass is 280 g/mol. The van der Waals surface area contributed by atoms with E-state index in [1.165, 1.54) is 18.2 Å². The van der Waals surface area contributed by atoms with E-state index >= 15 is 0 Å². The topological polar surface area (TPSA) is 37.3 Å². The normalized spacial score (nSPS) is 10.6. The van der Waals surface area contributed by atoms with Crippen LogP contribution in [0.4, 0.5) is 13.2 Å². The number of carboxylic acids is 1. The minimum absolute atomic E-state index is 0.0525. The Morgan fingerprint density at radius 1 is 1.00 bits per heavy atom. The minimum atomic E-state index is -1.27. The van der Waals surface area contributed by atoms with Gasteiger partial charge in [0, 0.05) is 16.7 Å². The second kappa shape index (κ2) is 5.36. The Labute approximate surface area is 113 Å². The summed E-state index contributed by atoms with van der Waals surface area (Å²) in [4.78, 5) is 10.5.